The Morgan fingerprint density at radius 1 is 0.836 bits per heavy atom. The summed E-state index contributed by atoms with van der Waals surface area (Å²) < 4.78 is 0. The van der Waals surface area contributed by atoms with Gasteiger partial charge in [-0.2, -0.15) is 0 Å². The maximum Gasteiger partial charge on any atom is 0.328 e. The van der Waals surface area contributed by atoms with Crippen LogP contribution >= 0.6 is 0 Å². The fourth-order valence-corrected chi connectivity index (χ4v) is 6.89. The molecule has 0 unspecified atom stereocenters. The Kier molecular flexibility index (Phi) is 19.1. The average molecular weight is 858 g/mol. The smallest absolute Gasteiger partial charge is 0.328 e. The summed E-state index contributed by atoms with van der Waals surface area (Å²) in [4.78, 5) is 122. The fourth-order valence-electron chi connectivity index (χ4n) is 6.89. The summed E-state index contributed by atoms with van der Waals surface area (Å²) in [5.74, 6) is -9.23. The number of carboxylic acids is 1. The molecule has 22 nitrogen and oxygen atoms in total. The molecule has 0 aliphatic carbocycles. The monoisotopic (exact) mass is 857 g/mol. The third kappa shape index (κ3) is 14.2. The normalized spacial score (nSPS) is 17.1. The van der Waals surface area contributed by atoms with Crippen LogP contribution in [0.4, 0.5) is 0 Å². The maximum atomic E-state index is 14.3. The molecule has 0 bridgehead atoms. The molecule has 0 saturated carbocycles. The zero-order chi connectivity index (χ0) is 45.4. The van der Waals surface area contributed by atoms with Gasteiger partial charge in [-0.1, -0.05) is 44.9 Å². The van der Waals surface area contributed by atoms with E-state index in [2.05, 4.69) is 31.6 Å². The quantitative estimate of drug-likeness (QED) is 0.0431. The summed E-state index contributed by atoms with van der Waals surface area (Å²) in [6.07, 6.45) is 2.32. The van der Waals surface area contributed by atoms with Crippen molar-refractivity contribution in [3.63, 3.8) is 0 Å². The van der Waals surface area contributed by atoms with Crippen LogP contribution in [-0.4, -0.2) is 135 Å². The minimum atomic E-state index is -1.69. The molecule has 1 aromatic carbocycles. The molecule has 22 heteroatoms. The highest BCUT2D eigenvalue weighted by molar-refractivity contribution is 5.99. The van der Waals surface area contributed by atoms with Crippen molar-refractivity contribution >= 4 is 64.1 Å². The second-order valence-electron chi connectivity index (χ2n) is 15.1. The number of benzene rings is 1. The molecule has 8 amide bonds. The van der Waals surface area contributed by atoms with Crippen molar-refractivity contribution in [3.8, 4) is 0 Å². The van der Waals surface area contributed by atoms with Crippen LogP contribution in [0.5, 0.6) is 0 Å². The van der Waals surface area contributed by atoms with Crippen molar-refractivity contribution in [2.75, 3.05) is 19.7 Å². The summed E-state index contributed by atoms with van der Waals surface area (Å²) in [6.45, 7) is 2.94. The summed E-state index contributed by atoms with van der Waals surface area (Å²) >= 11 is 0. The van der Waals surface area contributed by atoms with Gasteiger partial charge in [0.25, 0.3) is 0 Å². The lowest BCUT2D eigenvalue weighted by Crippen LogP contribution is -2.61. The third-order valence-electron chi connectivity index (χ3n) is 10.5. The van der Waals surface area contributed by atoms with E-state index in [-0.39, 0.29) is 25.8 Å². The van der Waals surface area contributed by atoms with Gasteiger partial charge in [0.15, 0.2) is 0 Å². The summed E-state index contributed by atoms with van der Waals surface area (Å²) in [5.41, 5.74) is 23.5. The number of nitrogens with one attached hydrogen (secondary N) is 6. The lowest BCUT2D eigenvalue weighted by molar-refractivity contribution is -0.145. The number of aliphatic hydroxyl groups is 1. The molecule has 1 fully saturated rings. The second kappa shape index (κ2) is 23.6. The number of H-pyrrole nitrogens is 1. The number of hydrogen-bond acceptors (Lipinski definition) is 12. The van der Waals surface area contributed by atoms with Gasteiger partial charge in [0.2, 0.25) is 47.3 Å². The van der Waals surface area contributed by atoms with Crippen LogP contribution in [0.25, 0.3) is 10.9 Å². The number of aliphatic carboxylic acids is 1. The number of carbonyl (C=O) groups excluding carboxylic acids is 8. The molecule has 1 aromatic heterocycles. The van der Waals surface area contributed by atoms with Crippen LogP contribution in [0.3, 0.4) is 0 Å². The van der Waals surface area contributed by atoms with Gasteiger partial charge >= 0.3 is 5.97 Å². The molecule has 61 heavy (non-hydrogen) atoms. The molecule has 8 atom stereocenters. The number of carboxylic acid groups (broad SMARTS) is 1. The molecule has 2 aromatic rings. The number of fused-ring (bicyclic) bond motifs is 1. The predicted octanol–water partition coefficient (Wildman–Crippen LogP) is -3.54. The van der Waals surface area contributed by atoms with E-state index in [0.29, 0.717) is 37.8 Å². The van der Waals surface area contributed by atoms with E-state index in [1.807, 2.05) is 6.07 Å². The number of primary amides is 2. The first-order chi connectivity index (χ1) is 28.9. The maximum absolute atomic E-state index is 14.3. The topological polar surface area (TPSA) is 377 Å². The van der Waals surface area contributed by atoms with E-state index >= 15 is 0 Å². The molecule has 1 aliphatic rings. The van der Waals surface area contributed by atoms with Crippen LogP contribution < -0.4 is 49.5 Å². The number of aliphatic hydroxyl groups excluding tert-OH is 1. The Morgan fingerprint density at radius 3 is 2.02 bits per heavy atom. The Labute approximate surface area is 352 Å². The molecule has 1 saturated heterocycles. The molecule has 16 N–H and O–H groups in total. The number of nitrogens with zero attached hydrogens (tertiary/aromatic N) is 1. The number of likely N-dealkylation sites (tertiary alicyclic amines) is 1. The standard InChI is InChI=1S/C39H59N11O11/c1-3-20(2)32(49-36(57)27(17-31(43)53)46-35(56)26(16-30(42)52)45-33(54)23(41)10-6-7-13-40)38(59)50-14-8-12-29(50)37(58)47-25(34(55)48-28(19-51)39(60)61)15-21-18-44-24-11-5-4-9-22(21)24/h4-5,9,11,18,20,23,25-29,32,44,51H,3,6-8,10,12-17,19,40-41H2,1-2H3,(H2,42,52)(H2,43,53)(H,45,54)(H,46,56)(H,47,58)(H,48,55)(H,49,57)(H,60,61)/t20-,23-,25-,26-,27-,28-,29-,32-/m0/s1. The summed E-state index contributed by atoms with van der Waals surface area (Å²) in [7, 11) is 0. The first-order valence-electron chi connectivity index (χ1n) is 20.1. The number of aromatic amines is 1. The first-order valence-corrected chi connectivity index (χ1v) is 20.1. The summed E-state index contributed by atoms with van der Waals surface area (Å²) in [6, 6.07) is -2.61. The number of amides is 8. The Bertz CT molecular complexity index is 1910. The van der Waals surface area contributed by atoms with Crippen molar-refractivity contribution in [1.82, 2.24) is 36.5 Å². The molecular formula is C39H59N11O11. The molecule has 336 valence electrons. The van der Waals surface area contributed by atoms with E-state index in [0.717, 1.165) is 10.9 Å². The highest BCUT2D eigenvalue weighted by Crippen LogP contribution is 2.23. The Balaban J connectivity index is 1.84. The third-order valence-corrected chi connectivity index (χ3v) is 10.5. The van der Waals surface area contributed by atoms with Gasteiger partial charge in [0, 0.05) is 30.1 Å². The molecule has 2 heterocycles. The van der Waals surface area contributed by atoms with Gasteiger partial charge in [0.05, 0.1) is 25.5 Å². The number of aromatic nitrogens is 1. The minimum Gasteiger partial charge on any atom is -0.480 e. The molecule has 3 rings (SSSR count). The number of hydrogen-bond donors (Lipinski definition) is 12. The first kappa shape index (κ1) is 49.2. The predicted molar refractivity (Wildman–Crippen MR) is 219 cm³/mol. The SMILES string of the molecule is CC[C@H](C)[C@H](NC(=O)[C@H](CC(N)=O)NC(=O)[C@H](CC(N)=O)NC(=O)[C@@H](N)CCCCN)C(=O)N1CCC[C@H]1C(=O)N[C@@H](Cc1c[nH]c2ccccc12)C(=O)N[C@@H](CO)C(=O)O. The molecule has 1 aliphatic heterocycles. The second-order valence-corrected chi connectivity index (χ2v) is 15.1. The lowest BCUT2D eigenvalue weighted by atomic mass is 9.96. The number of nitrogens with two attached hydrogens (primary N) is 4. The van der Waals surface area contributed by atoms with E-state index in [1.165, 1.54) is 4.90 Å². The van der Waals surface area contributed by atoms with Crippen molar-refractivity contribution in [2.24, 2.45) is 28.9 Å². The number of rotatable bonds is 25. The number of para-hydroxylation sites is 1. The van der Waals surface area contributed by atoms with Crippen molar-refractivity contribution in [1.29, 1.82) is 0 Å². The van der Waals surface area contributed by atoms with Crippen LogP contribution in [0.1, 0.15) is 70.8 Å². The zero-order valence-corrected chi connectivity index (χ0v) is 34.3. The van der Waals surface area contributed by atoms with E-state index in [1.54, 1.807) is 38.2 Å². The van der Waals surface area contributed by atoms with Gasteiger partial charge in [-0.3, -0.25) is 38.4 Å². The van der Waals surface area contributed by atoms with Crippen LogP contribution in [0.2, 0.25) is 0 Å². The average Bonchev–Trinajstić information content (AvgIpc) is 3.88. The van der Waals surface area contributed by atoms with Crippen LogP contribution in [-0.2, 0) is 49.6 Å². The van der Waals surface area contributed by atoms with E-state index in [9.17, 15) is 53.4 Å². The fraction of sp³-hybridized carbons (Fsp3) is 0.564. The largest absolute Gasteiger partial charge is 0.480 e. The lowest BCUT2D eigenvalue weighted by Gasteiger charge is -2.33. The Morgan fingerprint density at radius 2 is 1.43 bits per heavy atom. The number of carbonyl (C=O) groups is 9. The van der Waals surface area contributed by atoms with Gasteiger partial charge < -0.3 is 69.6 Å². The van der Waals surface area contributed by atoms with Crippen molar-refractivity contribution < 1.29 is 53.4 Å². The van der Waals surface area contributed by atoms with E-state index < -0.39 is 121 Å². The van der Waals surface area contributed by atoms with Crippen molar-refractivity contribution in [3.05, 3.63) is 36.0 Å². The highest BCUT2D eigenvalue weighted by atomic mass is 16.4. The summed E-state index contributed by atoms with van der Waals surface area (Å²) in [5, 5.41) is 31.9. The molecule has 0 spiro atoms. The van der Waals surface area contributed by atoms with Gasteiger partial charge in [0.1, 0.15) is 36.3 Å². The van der Waals surface area contributed by atoms with Gasteiger partial charge in [-0.15, -0.1) is 0 Å². The highest BCUT2D eigenvalue weighted by Gasteiger charge is 2.41. The van der Waals surface area contributed by atoms with Crippen LogP contribution in [0, 0.1) is 5.92 Å². The van der Waals surface area contributed by atoms with Gasteiger partial charge in [-0.05, 0) is 49.8 Å². The van der Waals surface area contributed by atoms with Crippen LogP contribution in [0.15, 0.2) is 30.5 Å². The minimum absolute atomic E-state index is 0.0783. The number of unbranched alkanes of at least 4 members (excludes halogenated alkanes) is 1. The molecular weight excluding hydrogens is 798 g/mol. The van der Waals surface area contributed by atoms with E-state index in [4.69, 9.17) is 22.9 Å². The van der Waals surface area contributed by atoms with Crippen molar-refractivity contribution in [2.45, 2.75) is 114 Å². The molecule has 0 radical (unpaired) electrons. The zero-order valence-electron chi connectivity index (χ0n) is 34.3. The Hall–Kier alpha value is -6.13. The van der Waals surface area contributed by atoms with Gasteiger partial charge in [-0.25, -0.2) is 4.79 Å².